The molecule has 0 saturated carbocycles. The highest BCUT2D eigenvalue weighted by molar-refractivity contribution is 5.96. The normalized spacial score (nSPS) is 13.4. The molecule has 0 aromatic heterocycles. The fourth-order valence-electron chi connectivity index (χ4n) is 2.72. The summed E-state index contributed by atoms with van der Waals surface area (Å²) in [5.41, 5.74) is 1.84. The minimum absolute atomic E-state index is 0.227. The molecule has 3 rings (SSSR count). The van der Waals surface area contributed by atoms with Crippen LogP contribution in [0.5, 0.6) is 11.5 Å². The van der Waals surface area contributed by atoms with Crippen molar-refractivity contribution in [1.82, 2.24) is 5.32 Å². The summed E-state index contributed by atoms with van der Waals surface area (Å²) in [4.78, 5) is 24.1. The number of carbonyl (C=O) groups excluding carboxylic acids is 2. The maximum absolute atomic E-state index is 12.6. The molecule has 1 aliphatic heterocycles. The molecule has 2 amide bonds. The van der Waals surface area contributed by atoms with Gasteiger partial charge in [-0.3, -0.25) is 10.1 Å². The highest BCUT2D eigenvalue weighted by Crippen LogP contribution is 2.32. The van der Waals surface area contributed by atoms with Crippen LogP contribution >= 0.6 is 0 Å². The van der Waals surface area contributed by atoms with Gasteiger partial charge in [0.05, 0.1) is 12.6 Å². The van der Waals surface area contributed by atoms with Gasteiger partial charge in [0.1, 0.15) is 13.2 Å². The van der Waals surface area contributed by atoms with Crippen molar-refractivity contribution in [1.29, 1.82) is 0 Å². The Kier molecular flexibility index (Phi) is 5.80. The van der Waals surface area contributed by atoms with E-state index < -0.39 is 6.09 Å². The molecule has 0 spiro atoms. The average molecular weight is 370 g/mol. The van der Waals surface area contributed by atoms with E-state index in [1.165, 1.54) is 0 Å². The van der Waals surface area contributed by atoms with Crippen LogP contribution in [-0.2, 0) is 4.74 Å². The Hall–Kier alpha value is -3.22. The van der Waals surface area contributed by atoms with E-state index in [1.54, 1.807) is 31.2 Å². The van der Waals surface area contributed by atoms with E-state index >= 15 is 0 Å². The molecule has 27 heavy (non-hydrogen) atoms. The number of ether oxygens (including phenoxy) is 3. The second-order valence-corrected chi connectivity index (χ2v) is 6.02. The lowest BCUT2D eigenvalue weighted by atomic mass is 10.1. The van der Waals surface area contributed by atoms with Crippen LogP contribution in [0.2, 0.25) is 0 Å². The van der Waals surface area contributed by atoms with Crippen molar-refractivity contribution in [3.8, 4) is 11.5 Å². The van der Waals surface area contributed by atoms with Crippen molar-refractivity contribution in [2.45, 2.75) is 19.9 Å². The lowest BCUT2D eigenvalue weighted by Crippen LogP contribution is -2.27. The predicted molar refractivity (Wildman–Crippen MR) is 100 cm³/mol. The van der Waals surface area contributed by atoms with Crippen LogP contribution in [0.1, 0.15) is 35.8 Å². The molecule has 0 saturated heterocycles. The van der Waals surface area contributed by atoms with Crippen molar-refractivity contribution in [2.24, 2.45) is 0 Å². The molecule has 7 nitrogen and oxygen atoms in total. The first-order valence-electron chi connectivity index (χ1n) is 8.81. The molecular formula is C20H22N2O5. The average Bonchev–Trinajstić information content (AvgIpc) is 2.68. The van der Waals surface area contributed by atoms with Gasteiger partial charge in [0, 0.05) is 11.3 Å². The van der Waals surface area contributed by atoms with Gasteiger partial charge in [-0.2, -0.15) is 0 Å². The predicted octanol–water partition coefficient (Wildman–Crippen LogP) is 3.52. The first-order valence-corrected chi connectivity index (χ1v) is 8.81. The van der Waals surface area contributed by atoms with Crippen molar-refractivity contribution in [3.05, 3.63) is 53.6 Å². The lowest BCUT2D eigenvalue weighted by molar-refractivity contribution is 0.0939. The first-order chi connectivity index (χ1) is 13.1. The third-order valence-corrected chi connectivity index (χ3v) is 4.06. The first kappa shape index (κ1) is 18.6. The number of amides is 2. The summed E-state index contributed by atoms with van der Waals surface area (Å²) in [6.07, 6.45) is -0.556. The highest BCUT2D eigenvalue weighted by Gasteiger charge is 2.17. The second kappa shape index (κ2) is 8.44. The smallest absolute Gasteiger partial charge is 0.411 e. The topological polar surface area (TPSA) is 85.9 Å². The Morgan fingerprint density at radius 3 is 2.67 bits per heavy atom. The third kappa shape index (κ3) is 4.69. The minimum atomic E-state index is -0.556. The number of nitrogens with one attached hydrogen (secondary N) is 2. The van der Waals surface area contributed by atoms with Crippen LogP contribution in [-0.4, -0.2) is 31.8 Å². The van der Waals surface area contributed by atoms with E-state index in [0.717, 1.165) is 5.56 Å². The lowest BCUT2D eigenvalue weighted by Gasteiger charge is -2.21. The monoisotopic (exact) mass is 370 g/mol. The summed E-state index contributed by atoms with van der Waals surface area (Å²) in [6, 6.07) is 12.1. The number of benzene rings is 2. The van der Waals surface area contributed by atoms with Gasteiger partial charge in [0.15, 0.2) is 11.5 Å². The zero-order valence-electron chi connectivity index (χ0n) is 15.3. The van der Waals surface area contributed by atoms with Crippen molar-refractivity contribution in [2.75, 3.05) is 25.1 Å². The third-order valence-electron chi connectivity index (χ3n) is 4.06. The quantitative estimate of drug-likeness (QED) is 0.841. The highest BCUT2D eigenvalue weighted by atomic mass is 16.6. The van der Waals surface area contributed by atoms with Crippen LogP contribution in [0.15, 0.2) is 42.5 Å². The number of fused-ring (bicyclic) bond motifs is 1. The maximum atomic E-state index is 12.6. The molecule has 2 aromatic carbocycles. The van der Waals surface area contributed by atoms with E-state index in [1.807, 2.05) is 25.1 Å². The van der Waals surface area contributed by atoms with Gasteiger partial charge in [0.2, 0.25) is 0 Å². The molecule has 1 unspecified atom stereocenters. The molecule has 0 fully saturated rings. The van der Waals surface area contributed by atoms with Crippen LogP contribution in [0.4, 0.5) is 10.5 Å². The number of hydrogen-bond acceptors (Lipinski definition) is 5. The number of anilines is 1. The molecule has 2 N–H and O–H groups in total. The Bertz CT molecular complexity index is 837. The second-order valence-electron chi connectivity index (χ2n) is 6.02. The van der Waals surface area contributed by atoms with E-state index in [2.05, 4.69) is 10.6 Å². The van der Waals surface area contributed by atoms with Gasteiger partial charge in [-0.1, -0.05) is 12.1 Å². The molecule has 1 heterocycles. The summed E-state index contributed by atoms with van der Waals surface area (Å²) in [5.74, 6) is 1.15. The minimum Gasteiger partial charge on any atom is -0.486 e. The summed E-state index contributed by atoms with van der Waals surface area (Å²) < 4.78 is 15.9. The maximum Gasteiger partial charge on any atom is 0.411 e. The van der Waals surface area contributed by atoms with E-state index in [0.29, 0.717) is 36.0 Å². The van der Waals surface area contributed by atoms with Gasteiger partial charge in [-0.05, 0) is 49.7 Å². The summed E-state index contributed by atoms with van der Waals surface area (Å²) in [6.45, 7) is 4.94. The Morgan fingerprint density at radius 1 is 1.11 bits per heavy atom. The Balaban J connectivity index is 1.67. The molecule has 0 aliphatic carbocycles. The zero-order valence-corrected chi connectivity index (χ0v) is 15.3. The summed E-state index contributed by atoms with van der Waals surface area (Å²) in [5, 5.41) is 5.53. The van der Waals surface area contributed by atoms with Crippen LogP contribution < -0.4 is 20.1 Å². The van der Waals surface area contributed by atoms with Crippen molar-refractivity contribution >= 4 is 17.7 Å². The SMILES string of the molecule is CCOC(=O)Nc1cccc(C(=O)NC(C)c2ccc3c(c2)OCCO3)c1. The largest absolute Gasteiger partial charge is 0.486 e. The number of hydrogen-bond donors (Lipinski definition) is 2. The molecule has 7 heteroatoms. The summed E-state index contributed by atoms with van der Waals surface area (Å²) >= 11 is 0. The van der Waals surface area contributed by atoms with E-state index in [-0.39, 0.29) is 18.6 Å². The Labute approximate surface area is 157 Å². The van der Waals surface area contributed by atoms with Crippen LogP contribution in [0.3, 0.4) is 0 Å². The molecule has 2 aromatic rings. The van der Waals surface area contributed by atoms with Gasteiger partial charge in [-0.25, -0.2) is 4.79 Å². The van der Waals surface area contributed by atoms with Crippen LogP contribution in [0, 0.1) is 0 Å². The van der Waals surface area contributed by atoms with Gasteiger partial charge in [-0.15, -0.1) is 0 Å². The zero-order chi connectivity index (χ0) is 19.2. The van der Waals surface area contributed by atoms with Gasteiger partial charge in [0.25, 0.3) is 5.91 Å². The van der Waals surface area contributed by atoms with Crippen molar-refractivity contribution < 1.29 is 23.8 Å². The molecule has 1 atom stereocenters. The molecule has 0 bridgehead atoms. The van der Waals surface area contributed by atoms with E-state index in [9.17, 15) is 9.59 Å². The standard InChI is InChI=1S/C20H22N2O5/c1-3-25-20(24)22-16-6-4-5-15(11-16)19(23)21-13(2)14-7-8-17-18(12-14)27-10-9-26-17/h4-8,11-13H,3,9-10H2,1-2H3,(H,21,23)(H,22,24). The molecule has 142 valence electrons. The van der Waals surface area contributed by atoms with Gasteiger partial charge >= 0.3 is 6.09 Å². The van der Waals surface area contributed by atoms with Crippen molar-refractivity contribution in [3.63, 3.8) is 0 Å². The molecule has 0 radical (unpaired) electrons. The van der Waals surface area contributed by atoms with Crippen LogP contribution in [0.25, 0.3) is 0 Å². The number of rotatable bonds is 5. The van der Waals surface area contributed by atoms with E-state index in [4.69, 9.17) is 14.2 Å². The number of carbonyl (C=O) groups is 2. The Morgan fingerprint density at radius 2 is 1.89 bits per heavy atom. The molecular weight excluding hydrogens is 348 g/mol. The fraction of sp³-hybridized carbons (Fsp3) is 0.300. The summed E-state index contributed by atoms with van der Waals surface area (Å²) in [7, 11) is 0. The fourth-order valence-corrected chi connectivity index (χ4v) is 2.72. The van der Waals surface area contributed by atoms with Gasteiger partial charge < -0.3 is 19.5 Å². The molecule has 1 aliphatic rings.